The predicted molar refractivity (Wildman–Crippen MR) is 73.3 cm³/mol. The van der Waals surface area contributed by atoms with Crippen LogP contribution in [-0.2, 0) is 0 Å². The number of anilines is 3. The highest BCUT2D eigenvalue weighted by Gasteiger charge is 2.13. The molecule has 0 aromatic carbocycles. The molecule has 7 nitrogen and oxygen atoms in total. The molecule has 0 saturated carbocycles. The smallest absolute Gasteiger partial charge is 0.232 e. The van der Waals surface area contributed by atoms with Gasteiger partial charge in [-0.15, -0.1) is 0 Å². The summed E-state index contributed by atoms with van der Waals surface area (Å²) >= 11 is 0. The summed E-state index contributed by atoms with van der Waals surface area (Å²) in [5, 5.41) is 12.0. The highest BCUT2D eigenvalue weighted by Crippen LogP contribution is 2.15. The summed E-state index contributed by atoms with van der Waals surface area (Å²) in [6.45, 7) is 3.49. The van der Waals surface area contributed by atoms with Gasteiger partial charge in [-0.05, 0) is 6.42 Å². The van der Waals surface area contributed by atoms with Crippen molar-refractivity contribution >= 4 is 17.8 Å². The fourth-order valence-corrected chi connectivity index (χ4v) is 1.51. The normalized spacial score (nSPS) is 10.3. The topological polar surface area (TPSA) is 77.4 Å². The molecule has 0 bridgehead atoms. The van der Waals surface area contributed by atoms with E-state index in [4.69, 9.17) is 5.11 Å². The molecule has 2 N–H and O–H groups in total. The molecule has 0 unspecified atom stereocenters. The first kappa shape index (κ1) is 14.4. The fourth-order valence-electron chi connectivity index (χ4n) is 1.51. The molecule has 7 heteroatoms. The van der Waals surface area contributed by atoms with Crippen molar-refractivity contribution in [2.24, 2.45) is 0 Å². The third-order valence-corrected chi connectivity index (χ3v) is 2.38. The van der Waals surface area contributed by atoms with Crippen LogP contribution in [0.1, 0.15) is 13.3 Å². The van der Waals surface area contributed by atoms with Crippen LogP contribution in [0.15, 0.2) is 0 Å². The Morgan fingerprint density at radius 2 is 1.78 bits per heavy atom. The molecule has 0 radical (unpaired) electrons. The second-order valence-electron chi connectivity index (χ2n) is 4.11. The maximum atomic E-state index is 9.09. The van der Waals surface area contributed by atoms with Gasteiger partial charge in [0.05, 0.1) is 6.61 Å². The maximum Gasteiger partial charge on any atom is 0.232 e. The summed E-state index contributed by atoms with van der Waals surface area (Å²) in [5.74, 6) is 1.72. The third-order valence-electron chi connectivity index (χ3n) is 2.38. The Labute approximate surface area is 108 Å². The van der Waals surface area contributed by atoms with E-state index in [-0.39, 0.29) is 6.61 Å². The van der Waals surface area contributed by atoms with E-state index in [0.717, 1.165) is 13.0 Å². The van der Waals surface area contributed by atoms with Crippen LogP contribution in [0, 0.1) is 0 Å². The van der Waals surface area contributed by atoms with Crippen LogP contribution in [0.5, 0.6) is 0 Å². The van der Waals surface area contributed by atoms with Crippen molar-refractivity contribution in [1.82, 2.24) is 15.0 Å². The van der Waals surface area contributed by atoms with E-state index >= 15 is 0 Å². The number of hydrogen-bond donors (Lipinski definition) is 2. The number of nitrogens with zero attached hydrogens (tertiary/aromatic N) is 5. The van der Waals surface area contributed by atoms with Crippen molar-refractivity contribution in [2.45, 2.75) is 13.3 Å². The quantitative estimate of drug-likeness (QED) is 0.719. The first-order valence-corrected chi connectivity index (χ1v) is 6.09. The largest absolute Gasteiger partial charge is 0.395 e. The van der Waals surface area contributed by atoms with Gasteiger partial charge in [0.2, 0.25) is 17.8 Å². The summed E-state index contributed by atoms with van der Waals surface area (Å²) in [4.78, 5) is 16.8. The monoisotopic (exact) mass is 254 g/mol. The van der Waals surface area contributed by atoms with Crippen molar-refractivity contribution in [1.29, 1.82) is 0 Å². The number of rotatable bonds is 7. The zero-order chi connectivity index (χ0) is 13.5. The third kappa shape index (κ3) is 3.69. The van der Waals surface area contributed by atoms with Gasteiger partial charge in [0.15, 0.2) is 0 Å². The van der Waals surface area contributed by atoms with E-state index in [1.54, 1.807) is 7.05 Å². The van der Waals surface area contributed by atoms with Gasteiger partial charge in [-0.3, -0.25) is 0 Å². The van der Waals surface area contributed by atoms with E-state index < -0.39 is 0 Å². The summed E-state index contributed by atoms with van der Waals surface area (Å²) in [5.41, 5.74) is 0. The molecule has 1 aromatic rings. The molecule has 0 amide bonds. The number of hydrogen-bond acceptors (Lipinski definition) is 7. The lowest BCUT2D eigenvalue weighted by atomic mass is 10.4. The fraction of sp³-hybridized carbons (Fsp3) is 0.727. The SMILES string of the molecule is CCCN(CCO)c1nc(NC)nc(N(C)C)n1. The van der Waals surface area contributed by atoms with Gasteiger partial charge in [-0.2, -0.15) is 15.0 Å². The van der Waals surface area contributed by atoms with Gasteiger partial charge in [0.1, 0.15) is 0 Å². The molecule has 1 aromatic heterocycles. The van der Waals surface area contributed by atoms with Crippen LogP contribution >= 0.6 is 0 Å². The summed E-state index contributed by atoms with van der Waals surface area (Å²) < 4.78 is 0. The predicted octanol–water partition coefficient (Wildman–Crippen LogP) is 0.188. The number of aliphatic hydroxyl groups excluding tert-OH is 1. The van der Waals surface area contributed by atoms with E-state index in [0.29, 0.717) is 24.4 Å². The molecule has 1 rings (SSSR count). The number of aliphatic hydroxyl groups is 1. The van der Waals surface area contributed by atoms with Crippen LogP contribution in [0.2, 0.25) is 0 Å². The molecule has 0 saturated heterocycles. The maximum absolute atomic E-state index is 9.09. The van der Waals surface area contributed by atoms with E-state index in [1.807, 2.05) is 23.9 Å². The van der Waals surface area contributed by atoms with E-state index in [9.17, 15) is 0 Å². The molecule has 0 atom stereocenters. The van der Waals surface area contributed by atoms with Crippen molar-refractivity contribution < 1.29 is 5.11 Å². The Hall–Kier alpha value is -1.63. The zero-order valence-corrected chi connectivity index (χ0v) is 11.5. The Morgan fingerprint density at radius 1 is 1.11 bits per heavy atom. The molecular formula is C11H22N6O. The zero-order valence-electron chi connectivity index (χ0n) is 11.5. The number of nitrogens with one attached hydrogen (secondary N) is 1. The highest BCUT2D eigenvalue weighted by atomic mass is 16.3. The summed E-state index contributed by atoms with van der Waals surface area (Å²) in [6.07, 6.45) is 0.970. The molecular weight excluding hydrogens is 232 g/mol. The average molecular weight is 254 g/mol. The second-order valence-corrected chi connectivity index (χ2v) is 4.11. The van der Waals surface area contributed by atoms with Crippen molar-refractivity contribution in [2.75, 3.05) is 56.0 Å². The average Bonchev–Trinajstić information content (AvgIpc) is 2.37. The van der Waals surface area contributed by atoms with Crippen molar-refractivity contribution in [3.05, 3.63) is 0 Å². The molecule has 1 heterocycles. The molecule has 18 heavy (non-hydrogen) atoms. The number of aromatic nitrogens is 3. The van der Waals surface area contributed by atoms with Crippen LogP contribution < -0.4 is 15.1 Å². The molecule has 0 fully saturated rings. The van der Waals surface area contributed by atoms with Crippen LogP contribution in [-0.4, -0.2) is 60.9 Å². The minimum atomic E-state index is 0.0812. The molecule has 0 aliphatic heterocycles. The first-order chi connectivity index (χ1) is 8.62. The van der Waals surface area contributed by atoms with Gasteiger partial charge in [-0.25, -0.2) is 0 Å². The highest BCUT2D eigenvalue weighted by molar-refractivity contribution is 5.44. The Kier molecular flexibility index (Phi) is 5.57. The lowest BCUT2D eigenvalue weighted by Gasteiger charge is -2.22. The van der Waals surface area contributed by atoms with Gasteiger partial charge in [-0.1, -0.05) is 6.92 Å². The van der Waals surface area contributed by atoms with Gasteiger partial charge in [0.25, 0.3) is 0 Å². The lowest BCUT2D eigenvalue weighted by Crippen LogP contribution is -2.30. The minimum Gasteiger partial charge on any atom is -0.395 e. The molecule has 102 valence electrons. The van der Waals surface area contributed by atoms with E-state index in [1.165, 1.54) is 0 Å². The Balaban J connectivity index is 3.07. The van der Waals surface area contributed by atoms with E-state index in [2.05, 4.69) is 27.2 Å². The van der Waals surface area contributed by atoms with Crippen LogP contribution in [0.3, 0.4) is 0 Å². The van der Waals surface area contributed by atoms with Crippen molar-refractivity contribution in [3.63, 3.8) is 0 Å². The van der Waals surface area contributed by atoms with Gasteiger partial charge in [0, 0.05) is 34.2 Å². The standard InChI is InChI=1S/C11H22N6O/c1-5-6-17(7-8-18)11-14-9(12-2)13-10(15-11)16(3)4/h18H,5-8H2,1-4H3,(H,12,13,14,15). The first-order valence-electron chi connectivity index (χ1n) is 6.09. The molecule has 0 aliphatic carbocycles. The summed E-state index contributed by atoms with van der Waals surface area (Å²) in [6, 6.07) is 0. The Morgan fingerprint density at radius 3 is 2.28 bits per heavy atom. The molecule has 0 aliphatic rings. The van der Waals surface area contributed by atoms with Crippen molar-refractivity contribution in [3.8, 4) is 0 Å². The van der Waals surface area contributed by atoms with Gasteiger partial charge >= 0.3 is 0 Å². The summed E-state index contributed by atoms with van der Waals surface area (Å²) in [7, 11) is 5.54. The lowest BCUT2D eigenvalue weighted by molar-refractivity contribution is 0.301. The van der Waals surface area contributed by atoms with Crippen LogP contribution in [0.25, 0.3) is 0 Å². The van der Waals surface area contributed by atoms with Crippen LogP contribution in [0.4, 0.5) is 17.8 Å². The Bertz CT molecular complexity index is 365. The molecule has 0 spiro atoms. The minimum absolute atomic E-state index is 0.0812. The second kappa shape index (κ2) is 6.95. The van der Waals surface area contributed by atoms with Gasteiger partial charge < -0.3 is 20.2 Å².